The average molecular weight is 226 g/mol. The predicted molar refractivity (Wildman–Crippen MR) is 36.9 cm³/mol. The molecule has 0 spiro atoms. The second kappa shape index (κ2) is 3.21. The van der Waals surface area contributed by atoms with Gasteiger partial charge in [0.1, 0.15) is 0 Å². The van der Waals surface area contributed by atoms with Crippen LogP contribution in [0.25, 0.3) is 0 Å². The fraction of sp³-hybridized carbons (Fsp3) is 0.167. The van der Waals surface area contributed by atoms with E-state index in [1.165, 1.54) is 0 Å². The van der Waals surface area contributed by atoms with Crippen LogP contribution in [0.1, 0.15) is 12.0 Å². The lowest BCUT2D eigenvalue weighted by Gasteiger charge is -2.00. The van der Waals surface area contributed by atoms with E-state index in [0.717, 1.165) is 6.20 Å². The monoisotopic (exact) mass is 225 g/mol. The van der Waals surface area contributed by atoms with Crippen LogP contribution in [-0.2, 0) is 0 Å². The van der Waals surface area contributed by atoms with E-state index in [1.54, 1.807) is 0 Å². The van der Waals surface area contributed by atoms with Crippen LogP contribution in [0.15, 0.2) is 16.7 Å². The quantitative estimate of drug-likeness (QED) is 0.671. The van der Waals surface area contributed by atoms with Crippen molar-refractivity contribution in [2.75, 3.05) is 0 Å². The summed E-state index contributed by atoms with van der Waals surface area (Å²) in [6.45, 7) is 0. The molecule has 0 aliphatic heterocycles. The van der Waals surface area contributed by atoms with E-state index in [0.29, 0.717) is 6.07 Å². The molecule has 0 fully saturated rings. The van der Waals surface area contributed by atoms with Crippen LogP contribution in [-0.4, -0.2) is 4.98 Å². The smallest absolute Gasteiger partial charge is 0.227 e. The number of hydrogen-bond acceptors (Lipinski definition) is 1. The molecule has 0 saturated carbocycles. The van der Waals surface area contributed by atoms with E-state index in [1.807, 2.05) is 0 Å². The second-order valence-corrected chi connectivity index (χ2v) is 2.68. The van der Waals surface area contributed by atoms with Gasteiger partial charge in [0.2, 0.25) is 5.95 Å². The SMILES string of the molecule is Fc1cc(C(F)F)c(Br)cn1. The van der Waals surface area contributed by atoms with Crippen LogP contribution in [0, 0.1) is 5.95 Å². The molecule has 11 heavy (non-hydrogen) atoms. The standard InChI is InChI=1S/C6H3BrF3N/c7-4-2-11-5(8)1-3(4)6(9)10/h1-2,6H. The van der Waals surface area contributed by atoms with E-state index in [-0.39, 0.29) is 10.0 Å². The van der Waals surface area contributed by atoms with Crippen molar-refractivity contribution in [2.45, 2.75) is 6.43 Å². The molecule has 0 saturated heterocycles. The van der Waals surface area contributed by atoms with Gasteiger partial charge < -0.3 is 0 Å². The van der Waals surface area contributed by atoms with Crippen LogP contribution in [0.5, 0.6) is 0 Å². The summed E-state index contributed by atoms with van der Waals surface area (Å²) in [7, 11) is 0. The van der Waals surface area contributed by atoms with Crippen molar-refractivity contribution in [3.05, 3.63) is 28.2 Å². The number of halogens is 4. The summed E-state index contributed by atoms with van der Waals surface area (Å²) in [5.74, 6) is -0.900. The molecule has 0 radical (unpaired) electrons. The largest absolute Gasteiger partial charge is 0.265 e. The van der Waals surface area contributed by atoms with E-state index >= 15 is 0 Å². The van der Waals surface area contributed by atoms with Crippen LogP contribution >= 0.6 is 15.9 Å². The Morgan fingerprint density at radius 1 is 1.45 bits per heavy atom. The first-order chi connectivity index (χ1) is 5.11. The van der Waals surface area contributed by atoms with Crippen molar-refractivity contribution >= 4 is 15.9 Å². The van der Waals surface area contributed by atoms with Gasteiger partial charge in [0.25, 0.3) is 6.43 Å². The maximum Gasteiger partial charge on any atom is 0.265 e. The normalized spacial score (nSPS) is 10.6. The van der Waals surface area contributed by atoms with Crippen molar-refractivity contribution in [3.8, 4) is 0 Å². The fourth-order valence-corrected chi connectivity index (χ4v) is 0.985. The summed E-state index contributed by atoms with van der Waals surface area (Å²) in [6, 6.07) is 0.703. The Kier molecular flexibility index (Phi) is 2.49. The summed E-state index contributed by atoms with van der Waals surface area (Å²) < 4.78 is 36.3. The third kappa shape index (κ3) is 1.92. The second-order valence-electron chi connectivity index (χ2n) is 1.83. The molecule has 0 atom stereocenters. The molecule has 0 amide bonds. The van der Waals surface area contributed by atoms with Gasteiger partial charge in [-0.3, -0.25) is 0 Å². The summed E-state index contributed by atoms with van der Waals surface area (Å²) >= 11 is 2.82. The van der Waals surface area contributed by atoms with Crippen LogP contribution in [0.3, 0.4) is 0 Å². The van der Waals surface area contributed by atoms with Gasteiger partial charge in [-0.25, -0.2) is 13.8 Å². The molecular weight excluding hydrogens is 223 g/mol. The third-order valence-electron chi connectivity index (χ3n) is 1.09. The first kappa shape index (κ1) is 8.52. The highest BCUT2D eigenvalue weighted by Crippen LogP contribution is 2.26. The van der Waals surface area contributed by atoms with Crippen LogP contribution < -0.4 is 0 Å². The molecule has 60 valence electrons. The van der Waals surface area contributed by atoms with Gasteiger partial charge in [-0.15, -0.1) is 0 Å². The molecule has 1 aromatic rings. The minimum absolute atomic E-state index is 0.119. The van der Waals surface area contributed by atoms with Gasteiger partial charge in [0.05, 0.1) is 0 Å². The van der Waals surface area contributed by atoms with E-state index in [9.17, 15) is 13.2 Å². The number of hydrogen-bond donors (Lipinski definition) is 0. The van der Waals surface area contributed by atoms with E-state index in [2.05, 4.69) is 20.9 Å². The van der Waals surface area contributed by atoms with Gasteiger partial charge in [-0.1, -0.05) is 0 Å². The minimum atomic E-state index is -2.68. The molecule has 0 aliphatic rings. The van der Waals surface area contributed by atoms with E-state index < -0.39 is 12.4 Å². The summed E-state index contributed by atoms with van der Waals surface area (Å²) in [6.07, 6.45) is -1.67. The Balaban J connectivity index is 3.13. The Morgan fingerprint density at radius 3 is 2.55 bits per heavy atom. The van der Waals surface area contributed by atoms with Gasteiger partial charge in [0, 0.05) is 22.3 Å². The van der Waals surface area contributed by atoms with Crippen LogP contribution in [0.4, 0.5) is 13.2 Å². The van der Waals surface area contributed by atoms with E-state index in [4.69, 9.17) is 0 Å². The van der Waals surface area contributed by atoms with Gasteiger partial charge >= 0.3 is 0 Å². The highest BCUT2D eigenvalue weighted by atomic mass is 79.9. The molecule has 1 heterocycles. The zero-order valence-electron chi connectivity index (χ0n) is 5.19. The van der Waals surface area contributed by atoms with Crippen molar-refractivity contribution < 1.29 is 13.2 Å². The fourth-order valence-electron chi connectivity index (χ4n) is 0.595. The Hall–Kier alpha value is -0.580. The zero-order chi connectivity index (χ0) is 8.43. The van der Waals surface area contributed by atoms with Crippen LogP contribution in [0.2, 0.25) is 0 Å². The average Bonchev–Trinajstić information content (AvgIpc) is 1.94. The minimum Gasteiger partial charge on any atom is -0.227 e. The molecule has 5 heteroatoms. The zero-order valence-corrected chi connectivity index (χ0v) is 6.78. The third-order valence-corrected chi connectivity index (χ3v) is 1.75. The van der Waals surface area contributed by atoms with Gasteiger partial charge in [-0.2, -0.15) is 4.39 Å². The summed E-state index contributed by atoms with van der Waals surface area (Å²) in [4.78, 5) is 3.17. The van der Waals surface area contributed by atoms with Crippen molar-refractivity contribution in [1.29, 1.82) is 0 Å². The molecule has 0 aliphatic carbocycles. The van der Waals surface area contributed by atoms with Crippen molar-refractivity contribution in [1.82, 2.24) is 4.98 Å². The molecule has 0 unspecified atom stereocenters. The lowest BCUT2D eigenvalue weighted by molar-refractivity contribution is 0.150. The molecule has 1 rings (SSSR count). The lowest BCUT2D eigenvalue weighted by atomic mass is 10.3. The first-order valence-corrected chi connectivity index (χ1v) is 3.49. The molecule has 0 N–H and O–H groups in total. The molecule has 0 bridgehead atoms. The molecule has 1 aromatic heterocycles. The van der Waals surface area contributed by atoms with Crippen molar-refractivity contribution in [2.24, 2.45) is 0 Å². The predicted octanol–water partition coefficient (Wildman–Crippen LogP) is 2.92. The maximum atomic E-state index is 12.2. The highest BCUT2D eigenvalue weighted by Gasteiger charge is 2.12. The summed E-state index contributed by atoms with van der Waals surface area (Å²) in [5.41, 5.74) is -0.377. The Labute approximate surface area is 69.4 Å². The van der Waals surface area contributed by atoms with Gasteiger partial charge in [0.15, 0.2) is 0 Å². The summed E-state index contributed by atoms with van der Waals surface area (Å²) in [5, 5.41) is 0. The lowest BCUT2D eigenvalue weighted by Crippen LogP contribution is -1.90. The Bertz CT molecular complexity index is 264. The Morgan fingerprint density at radius 2 is 2.09 bits per heavy atom. The van der Waals surface area contributed by atoms with Crippen molar-refractivity contribution in [3.63, 3.8) is 0 Å². The van der Waals surface area contributed by atoms with Gasteiger partial charge in [-0.05, 0) is 15.9 Å². The molecule has 1 nitrogen and oxygen atoms in total. The maximum absolute atomic E-state index is 12.2. The highest BCUT2D eigenvalue weighted by molar-refractivity contribution is 9.10. The number of alkyl halides is 2. The number of aromatic nitrogens is 1. The molecular formula is C6H3BrF3N. The topological polar surface area (TPSA) is 12.9 Å². The molecule has 0 aromatic carbocycles. The first-order valence-electron chi connectivity index (χ1n) is 2.70. The number of nitrogens with zero attached hydrogens (tertiary/aromatic N) is 1. The number of rotatable bonds is 1. The number of pyridine rings is 1.